The van der Waals surface area contributed by atoms with Crippen LogP contribution in [-0.2, 0) is 14.3 Å². The highest BCUT2D eigenvalue weighted by Gasteiger charge is 2.42. The lowest BCUT2D eigenvalue weighted by Gasteiger charge is -2.34. The smallest absolute Gasteiger partial charge is 0.309 e. The zero-order valence-corrected chi connectivity index (χ0v) is 21.6. The van der Waals surface area contributed by atoms with Crippen molar-refractivity contribution in [3.05, 3.63) is 35.6 Å². The van der Waals surface area contributed by atoms with E-state index in [0.29, 0.717) is 11.6 Å². The number of cyclic esters (lactones) is 1. The zero-order valence-electron chi connectivity index (χ0n) is 21.6. The van der Waals surface area contributed by atoms with Crippen molar-refractivity contribution < 1.29 is 29.0 Å². The Labute approximate surface area is 203 Å². The Balaban J connectivity index is 2.34. The maximum Gasteiger partial charge on any atom is 0.309 e. The van der Waals surface area contributed by atoms with Crippen molar-refractivity contribution >= 4 is 17.8 Å². The Kier molecular flexibility index (Phi) is 9.83. The molecule has 7 heteroatoms. The van der Waals surface area contributed by atoms with Gasteiger partial charge in [0.05, 0.1) is 24.0 Å². The third kappa shape index (κ3) is 7.12. The molecule has 0 spiro atoms. The fraction of sp³-hybridized carbons (Fsp3) is 0.667. The Morgan fingerprint density at radius 1 is 1.21 bits per heavy atom. The number of nitrogens with zero attached hydrogens (tertiary/aromatic N) is 1. The summed E-state index contributed by atoms with van der Waals surface area (Å²) in [5.74, 6) is -1.12. The molecule has 1 aliphatic rings. The van der Waals surface area contributed by atoms with Gasteiger partial charge >= 0.3 is 5.97 Å². The SMILES string of the molecule is C/C(=C\c1coc(C)n1)[C@H]1OC(=O)C[C@H](O)C(C)(C)C(=O)[C@H](C)[C@@H](O)[C@@H](C)CCC/C=C\[C@@H]1C. The summed E-state index contributed by atoms with van der Waals surface area (Å²) in [7, 11) is 0. The molecule has 0 unspecified atom stereocenters. The summed E-state index contributed by atoms with van der Waals surface area (Å²) in [6.45, 7) is 12.5. The van der Waals surface area contributed by atoms with E-state index in [1.54, 1.807) is 34.0 Å². The Morgan fingerprint density at radius 3 is 2.50 bits per heavy atom. The Hall–Kier alpha value is -2.25. The zero-order chi connectivity index (χ0) is 25.6. The number of carbonyl (C=O) groups excluding carboxylic acids is 2. The van der Waals surface area contributed by atoms with Crippen molar-refractivity contribution in [1.82, 2.24) is 4.98 Å². The molecule has 1 aromatic rings. The van der Waals surface area contributed by atoms with Crippen LogP contribution in [0.5, 0.6) is 0 Å². The number of ether oxygens (including phenoxy) is 1. The van der Waals surface area contributed by atoms with Gasteiger partial charge in [-0.15, -0.1) is 0 Å². The number of aryl methyl sites for hydroxylation is 1. The lowest BCUT2D eigenvalue weighted by molar-refractivity contribution is -0.155. The van der Waals surface area contributed by atoms with Crippen molar-refractivity contribution in [2.45, 2.75) is 92.5 Å². The number of aliphatic hydroxyl groups is 2. The lowest BCUT2D eigenvalue weighted by Crippen LogP contribution is -2.45. The van der Waals surface area contributed by atoms with E-state index < -0.39 is 35.6 Å². The molecule has 0 saturated carbocycles. The molecule has 6 atom stereocenters. The first-order valence-corrected chi connectivity index (χ1v) is 12.2. The molecule has 1 aromatic heterocycles. The second-order valence-electron chi connectivity index (χ2n) is 10.4. The minimum Gasteiger partial charge on any atom is -0.457 e. The largest absolute Gasteiger partial charge is 0.457 e. The molecule has 190 valence electrons. The van der Waals surface area contributed by atoms with Crippen LogP contribution >= 0.6 is 0 Å². The minimum absolute atomic E-state index is 0.0561. The summed E-state index contributed by atoms with van der Waals surface area (Å²) in [6.07, 6.45) is 7.02. The number of hydrogen-bond acceptors (Lipinski definition) is 7. The van der Waals surface area contributed by atoms with Crippen molar-refractivity contribution in [3.63, 3.8) is 0 Å². The highest BCUT2D eigenvalue weighted by Crippen LogP contribution is 2.32. The average molecular weight is 476 g/mol. The molecule has 7 nitrogen and oxygen atoms in total. The summed E-state index contributed by atoms with van der Waals surface area (Å²) < 4.78 is 11.1. The third-order valence-corrected chi connectivity index (χ3v) is 7.00. The number of esters is 1. The number of hydrogen-bond donors (Lipinski definition) is 2. The molecular weight excluding hydrogens is 434 g/mol. The standard InChI is InChI=1S/C27H41NO6/c1-16-11-9-8-10-12-17(2)25(18(3)13-21-15-33-20(5)28-21)34-23(30)14-22(29)27(6,7)26(32)19(4)24(16)31/h10,12-13,15-17,19,22,24-25,29,31H,8-9,11,14H2,1-7H3/b12-10-,18-13+/t16-,17-,19+,22-,24-,25-/m0/s1. The number of aliphatic hydroxyl groups excluding tert-OH is 2. The van der Waals surface area contributed by atoms with Crippen molar-refractivity contribution in [2.75, 3.05) is 0 Å². The first-order chi connectivity index (χ1) is 15.8. The van der Waals surface area contributed by atoms with Crippen LogP contribution in [0.15, 0.2) is 28.4 Å². The molecule has 0 bridgehead atoms. The van der Waals surface area contributed by atoms with Crippen LogP contribution in [0.1, 0.15) is 78.8 Å². The van der Waals surface area contributed by atoms with Crippen molar-refractivity contribution in [2.24, 2.45) is 23.2 Å². The van der Waals surface area contributed by atoms with Crippen molar-refractivity contribution in [1.29, 1.82) is 0 Å². The molecule has 2 N–H and O–H groups in total. The Morgan fingerprint density at radius 2 is 1.88 bits per heavy atom. The molecule has 2 heterocycles. The number of rotatable bonds is 2. The molecule has 1 aliphatic heterocycles. The summed E-state index contributed by atoms with van der Waals surface area (Å²) in [5.41, 5.74) is 0.234. The lowest BCUT2D eigenvalue weighted by atomic mass is 9.73. The normalized spacial score (nSPS) is 33.4. The van der Waals surface area contributed by atoms with Crippen LogP contribution in [0.25, 0.3) is 6.08 Å². The van der Waals surface area contributed by atoms with Gasteiger partial charge in [-0.25, -0.2) is 4.98 Å². The van der Waals surface area contributed by atoms with Gasteiger partial charge in [-0.05, 0) is 43.8 Å². The maximum absolute atomic E-state index is 13.2. The highest BCUT2D eigenvalue weighted by atomic mass is 16.5. The topological polar surface area (TPSA) is 110 Å². The van der Waals surface area contributed by atoms with Crippen LogP contribution < -0.4 is 0 Å². The second-order valence-corrected chi connectivity index (χ2v) is 10.4. The molecular formula is C27H41NO6. The van der Waals surface area contributed by atoms with Crippen LogP contribution in [-0.4, -0.2) is 45.3 Å². The van der Waals surface area contributed by atoms with Gasteiger partial charge in [0.25, 0.3) is 0 Å². The van der Waals surface area contributed by atoms with Gasteiger partial charge in [0.15, 0.2) is 5.89 Å². The fourth-order valence-corrected chi connectivity index (χ4v) is 4.52. The van der Waals surface area contributed by atoms with Crippen LogP contribution in [0.4, 0.5) is 0 Å². The number of ketones is 1. The summed E-state index contributed by atoms with van der Waals surface area (Å²) in [5, 5.41) is 21.6. The van der Waals surface area contributed by atoms with E-state index in [1.165, 1.54) is 0 Å². The van der Waals surface area contributed by atoms with E-state index in [-0.39, 0.29) is 24.0 Å². The average Bonchev–Trinajstić information content (AvgIpc) is 3.18. The van der Waals surface area contributed by atoms with Gasteiger partial charge in [0.2, 0.25) is 0 Å². The number of allylic oxidation sites excluding steroid dienone is 1. The molecule has 0 aliphatic carbocycles. The van der Waals surface area contributed by atoms with E-state index in [1.807, 2.05) is 32.9 Å². The van der Waals surface area contributed by atoms with Gasteiger partial charge < -0.3 is 19.4 Å². The summed E-state index contributed by atoms with van der Waals surface area (Å²) in [6, 6.07) is 0. The van der Waals surface area contributed by atoms with Gasteiger partial charge in [0, 0.05) is 18.8 Å². The van der Waals surface area contributed by atoms with Gasteiger partial charge in [0.1, 0.15) is 23.8 Å². The van der Waals surface area contributed by atoms with E-state index >= 15 is 0 Å². The van der Waals surface area contributed by atoms with Gasteiger partial charge in [-0.3, -0.25) is 9.59 Å². The first kappa shape index (κ1) is 28.0. The monoisotopic (exact) mass is 475 g/mol. The first-order valence-electron chi connectivity index (χ1n) is 12.2. The van der Waals surface area contributed by atoms with Gasteiger partial charge in [-0.2, -0.15) is 0 Å². The molecule has 0 fully saturated rings. The molecule has 0 amide bonds. The number of oxazole rings is 1. The number of aromatic nitrogens is 1. The van der Waals surface area contributed by atoms with Crippen molar-refractivity contribution in [3.8, 4) is 0 Å². The van der Waals surface area contributed by atoms with E-state index in [9.17, 15) is 19.8 Å². The summed E-state index contributed by atoms with van der Waals surface area (Å²) >= 11 is 0. The molecule has 0 aromatic carbocycles. The Bertz CT molecular complexity index is 899. The fourth-order valence-electron chi connectivity index (χ4n) is 4.52. The van der Waals surface area contributed by atoms with Gasteiger partial charge in [-0.1, -0.05) is 46.8 Å². The minimum atomic E-state index is -1.24. The van der Waals surface area contributed by atoms with Crippen LogP contribution in [0, 0.1) is 30.1 Å². The number of Topliss-reactive ketones (excluding diaryl/α,β-unsaturated/α-hetero) is 1. The molecule has 34 heavy (non-hydrogen) atoms. The van der Waals surface area contributed by atoms with E-state index in [4.69, 9.17) is 9.15 Å². The highest BCUT2D eigenvalue weighted by molar-refractivity contribution is 5.88. The van der Waals surface area contributed by atoms with Crippen LogP contribution in [0.2, 0.25) is 0 Å². The third-order valence-electron chi connectivity index (χ3n) is 7.00. The molecule has 2 rings (SSSR count). The predicted octanol–water partition coefficient (Wildman–Crippen LogP) is 4.65. The molecule has 0 radical (unpaired) electrons. The molecule has 0 saturated heterocycles. The summed E-state index contributed by atoms with van der Waals surface area (Å²) in [4.78, 5) is 30.3. The van der Waals surface area contributed by atoms with E-state index in [0.717, 1.165) is 24.8 Å². The quantitative estimate of drug-likeness (QED) is 0.473. The maximum atomic E-state index is 13.2. The number of carbonyl (C=O) groups is 2. The van der Waals surface area contributed by atoms with Crippen LogP contribution in [0.3, 0.4) is 0 Å². The predicted molar refractivity (Wildman–Crippen MR) is 131 cm³/mol. The second kappa shape index (κ2) is 11.9. The van der Waals surface area contributed by atoms with E-state index in [2.05, 4.69) is 11.1 Å².